The van der Waals surface area contributed by atoms with Crippen molar-refractivity contribution in [3.8, 4) is 22.3 Å². The molecule has 0 radical (unpaired) electrons. The molecule has 0 atom stereocenters. The summed E-state index contributed by atoms with van der Waals surface area (Å²) in [6.45, 7) is 1.18. The van der Waals surface area contributed by atoms with Gasteiger partial charge in [0.2, 0.25) is 0 Å². The van der Waals surface area contributed by atoms with Gasteiger partial charge in [-0.1, -0.05) is 17.7 Å². The van der Waals surface area contributed by atoms with Gasteiger partial charge in [0.05, 0.1) is 16.4 Å². The molecule has 1 aromatic carbocycles. The van der Waals surface area contributed by atoms with Crippen molar-refractivity contribution in [2.24, 2.45) is 0 Å². The van der Waals surface area contributed by atoms with Crippen LogP contribution >= 0.6 is 22.9 Å². The maximum atomic E-state index is 12.0. The van der Waals surface area contributed by atoms with Crippen molar-refractivity contribution < 1.29 is 13.9 Å². The average molecular weight is 351 g/mol. The number of thiophene rings is 1. The Morgan fingerprint density at radius 3 is 3.00 bits per heavy atom. The number of hydrogen-bond donors (Lipinski definition) is 0. The van der Waals surface area contributed by atoms with E-state index in [4.69, 9.17) is 25.5 Å². The fourth-order valence-corrected chi connectivity index (χ4v) is 3.27. The second-order valence-corrected chi connectivity index (χ2v) is 6.26. The average Bonchev–Trinajstić information content (AvgIpc) is 3.18. The molecular weight excluding hydrogens is 340 g/mol. The van der Waals surface area contributed by atoms with E-state index in [1.54, 1.807) is 12.1 Å². The Kier molecular flexibility index (Phi) is 3.59. The number of aromatic nitrogens is 2. The van der Waals surface area contributed by atoms with Gasteiger partial charge in [0.1, 0.15) is 13.2 Å². The minimum atomic E-state index is -0.514. The third kappa shape index (κ3) is 2.73. The second kappa shape index (κ2) is 5.75. The number of rotatable bonds is 3. The van der Waals surface area contributed by atoms with Gasteiger partial charge >= 0.3 is 5.76 Å². The second-order valence-electron chi connectivity index (χ2n) is 4.91. The van der Waals surface area contributed by atoms with Gasteiger partial charge in [-0.05, 0) is 29.1 Å². The summed E-state index contributed by atoms with van der Waals surface area (Å²) in [7, 11) is 0. The van der Waals surface area contributed by atoms with Gasteiger partial charge in [-0.3, -0.25) is 0 Å². The molecule has 0 aliphatic carbocycles. The third-order valence-electron chi connectivity index (χ3n) is 3.33. The van der Waals surface area contributed by atoms with Gasteiger partial charge in [0.25, 0.3) is 5.89 Å². The largest absolute Gasteiger partial charge is 0.486 e. The summed E-state index contributed by atoms with van der Waals surface area (Å²) in [6, 6.07) is 7.26. The lowest BCUT2D eigenvalue weighted by Crippen LogP contribution is -2.18. The molecule has 0 saturated carbocycles. The van der Waals surface area contributed by atoms with Crippen LogP contribution in [0.5, 0.6) is 11.5 Å². The SMILES string of the molecule is O=c1oc(-c2cccs2)nn1Cc1cc(Cl)c2c(c1)OCCO2. The predicted molar refractivity (Wildman–Crippen MR) is 85.6 cm³/mol. The molecule has 118 valence electrons. The molecule has 0 N–H and O–H groups in total. The molecule has 0 bridgehead atoms. The van der Waals surface area contributed by atoms with Crippen LogP contribution < -0.4 is 15.2 Å². The molecule has 6 nitrogen and oxygen atoms in total. The van der Waals surface area contributed by atoms with Crippen molar-refractivity contribution in [1.82, 2.24) is 9.78 Å². The van der Waals surface area contributed by atoms with E-state index in [0.717, 1.165) is 10.4 Å². The van der Waals surface area contributed by atoms with Gasteiger partial charge in [-0.15, -0.1) is 16.4 Å². The van der Waals surface area contributed by atoms with E-state index in [1.807, 2.05) is 17.5 Å². The van der Waals surface area contributed by atoms with Crippen LogP contribution in [0.25, 0.3) is 10.8 Å². The first-order valence-corrected chi connectivity index (χ1v) is 8.16. The highest BCUT2D eigenvalue weighted by molar-refractivity contribution is 7.13. The molecule has 4 rings (SSSR count). The van der Waals surface area contributed by atoms with Crippen molar-refractivity contribution in [3.05, 3.63) is 50.8 Å². The quantitative estimate of drug-likeness (QED) is 0.726. The molecule has 1 aliphatic heterocycles. The van der Waals surface area contributed by atoms with E-state index < -0.39 is 5.76 Å². The van der Waals surface area contributed by atoms with Crippen molar-refractivity contribution in [1.29, 1.82) is 0 Å². The first-order valence-electron chi connectivity index (χ1n) is 6.90. The Bertz CT molecular complexity index is 901. The highest BCUT2D eigenvalue weighted by Crippen LogP contribution is 2.38. The van der Waals surface area contributed by atoms with E-state index in [1.165, 1.54) is 16.0 Å². The molecule has 3 aromatic rings. The normalized spacial score (nSPS) is 13.3. The summed E-state index contributed by atoms with van der Waals surface area (Å²) < 4.78 is 17.5. The number of benzene rings is 1. The van der Waals surface area contributed by atoms with Crippen molar-refractivity contribution in [2.75, 3.05) is 13.2 Å². The van der Waals surface area contributed by atoms with E-state index in [0.29, 0.717) is 35.6 Å². The number of nitrogens with zero attached hydrogens (tertiary/aromatic N) is 2. The summed E-state index contributed by atoms with van der Waals surface area (Å²) in [5, 5.41) is 6.57. The number of ether oxygens (including phenoxy) is 2. The van der Waals surface area contributed by atoms with Crippen LogP contribution in [0, 0.1) is 0 Å². The fourth-order valence-electron chi connectivity index (χ4n) is 2.33. The van der Waals surface area contributed by atoms with Gasteiger partial charge in [0, 0.05) is 0 Å². The molecule has 8 heteroatoms. The van der Waals surface area contributed by atoms with Crippen LogP contribution in [-0.2, 0) is 6.54 Å². The highest BCUT2D eigenvalue weighted by Gasteiger charge is 2.18. The monoisotopic (exact) mass is 350 g/mol. The number of fused-ring (bicyclic) bond motifs is 1. The summed E-state index contributed by atoms with van der Waals surface area (Å²) in [4.78, 5) is 12.8. The lowest BCUT2D eigenvalue weighted by molar-refractivity contribution is 0.171. The molecule has 0 unspecified atom stereocenters. The Labute approximate surface area is 139 Å². The van der Waals surface area contributed by atoms with Gasteiger partial charge < -0.3 is 13.9 Å². The van der Waals surface area contributed by atoms with Crippen molar-refractivity contribution in [3.63, 3.8) is 0 Å². The standard InChI is InChI=1S/C15H11ClN2O4S/c16-10-6-9(7-11-13(10)21-4-3-20-11)8-18-15(19)22-14(17-18)12-2-1-5-23-12/h1-2,5-7H,3-4,8H2. The molecule has 2 aromatic heterocycles. The molecule has 1 aliphatic rings. The Balaban J connectivity index is 1.66. The molecule has 3 heterocycles. The molecule has 0 amide bonds. The maximum Gasteiger partial charge on any atom is 0.437 e. The van der Waals surface area contributed by atoms with Crippen LogP contribution in [0.15, 0.2) is 38.9 Å². The zero-order chi connectivity index (χ0) is 15.8. The molecular formula is C15H11ClN2O4S. The van der Waals surface area contributed by atoms with E-state index >= 15 is 0 Å². The minimum Gasteiger partial charge on any atom is -0.486 e. The molecule has 0 saturated heterocycles. The first kappa shape index (κ1) is 14.3. The number of hydrogen-bond acceptors (Lipinski definition) is 6. The Morgan fingerprint density at radius 2 is 2.17 bits per heavy atom. The summed E-state index contributed by atoms with van der Waals surface area (Å²) in [6.07, 6.45) is 0. The zero-order valence-corrected chi connectivity index (χ0v) is 13.4. The highest BCUT2D eigenvalue weighted by atomic mass is 35.5. The van der Waals surface area contributed by atoms with Gasteiger partial charge in [-0.2, -0.15) is 4.68 Å². The smallest absolute Gasteiger partial charge is 0.437 e. The Hall–Kier alpha value is -2.25. The molecule has 0 fully saturated rings. The lowest BCUT2D eigenvalue weighted by Gasteiger charge is -2.20. The van der Waals surface area contributed by atoms with Crippen LogP contribution in [-0.4, -0.2) is 23.0 Å². The van der Waals surface area contributed by atoms with Gasteiger partial charge in [0.15, 0.2) is 11.5 Å². The van der Waals surface area contributed by atoms with E-state index in [-0.39, 0.29) is 6.54 Å². The zero-order valence-electron chi connectivity index (χ0n) is 11.8. The van der Waals surface area contributed by atoms with Crippen molar-refractivity contribution in [2.45, 2.75) is 6.54 Å². The number of halogens is 1. The predicted octanol–water partition coefficient (Wildman–Crippen LogP) is 3.04. The summed E-state index contributed by atoms with van der Waals surface area (Å²) >= 11 is 7.66. The molecule has 23 heavy (non-hydrogen) atoms. The van der Waals surface area contributed by atoms with Crippen molar-refractivity contribution >= 4 is 22.9 Å². The fraction of sp³-hybridized carbons (Fsp3) is 0.200. The van der Waals surface area contributed by atoms with Crippen LogP contribution in [0.1, 0.15) is 5.56 Å². The topological polar surface area (TPSA) is 66.5 Å². The summed E-state index contributed by atoms with van der Waals surface area (Å²) in [5.74, 6) is 0.912. The van der Waals surface area contributed by atoms with E-state index in [9.17, 15) is 4.79 Å². The minimum absolute atomic E-state index is 0.240. The first-order chi connectivity index (χ1) is 11.2. The van der Waals surface area contributed by atoms with Crippen LogP contribution in [0.2, 0.25) is 5.02 Å². The third-order valence-corrected chi connectivity index (χ3v) is 4.47. The maximum absolute atomic E-state index is 12.0. The van der Waals surface area contributed by atoms with E-state index in [2.05, 4.69) is 5.10 Å². The van der Waals surface area contributed by atoms with Crippen LogP contribution in [0.3, 0.4) is 0 Å². The van der Waals surface area contributed by atoms with Crippen LogP contribution in [0.4, 0.5) is 0 Å². The summed E-state index contributed by atoms with van der Waals surface area (Å²) in [5.41, 5.74) is 0.785. The molecule has 0 spiro atoms. The van der Waals surface area contributed by atoms with Gasteiger partial charge in [-0.25, -0.2) is 4.79 Å². The Morgan fingerprint density at radius 1 is 1.30 bits per heavy atom. The lowest BCUT2D eigenvalue weighted by atomic mass is 10.2.